The van der Waals surface area contributed by atoms with Crippen LogP contribution in [-0.4, -0.2) is 51.3 Å². The minimum atomic E-state index is -0.194. The number of nitrogens with one attached hydrogen (secondary N) is 1. The summed E-state index contributed by atoms with van der Waals surface area (Å²) in [4.78, 5) is 19.3. The van der Waals surface area contributed by atoms with E-state index in [0.29, 0.717) is 31.4 Å². The highest BCUT2D eigenvalue weighted by molar-refractivity contribution is 5.93. The van der Waals surface area contributed by atoms with E-state index < -0.39 is 0 Å². The highest BCUT2D eigenvalue weighted by atomic mass is 16.5. The van der Waals surface area contributed by atoms with Gasteiger partial charge < -0.3 is 9.64 Å². The molecule has 120 valence electrons. The smallest absolute Gasteiger partial charge is 0.273 e. The molecule has 4 rings (SSSR count). The van der Waals surface area contributed by atoms with E-state index in [1.54, 1.807) is 18.5 Å². The number of H-pyrrole nitrogens is 1. The number of carbonyl (C=O) groups is 1. The van der Waals surface area contributed by atoms with Crippen LogP contribution >= 0.6 is 0 Å². The molecule has 6 nitrogen and oxygen atoms in total. The number of carbonyl (C=O) groups excluding carboxylic acids is 1. The lowest BCUT2D eigenvalue weighted by molar-refractivity contribution is -0.0549. The Balaban J connectivity index is 1.58. The Labute approximate surface area is 134 Å². The predicted molar refractivity (Wildman–Crippen MR) is 84.8 cm³/mol. The van der Waals surface area contributed by atoms with Crippen LogP contribution in [0.1, 0.15) is 30.3 Å². The Bertz CT molecular complexity index is 694. The number of aromatic nitrogens is 3. The van der Waals surface area contributed by atoms with Crippen LogP contribution in [0.3, 0.4) is 0 Å². The highest BCUT2D eigenvalue weighted by Gasteiger charge is 2.49. The van der Waals surface area contributed by atoms with E-state index in [4.69, 9.17) is 4.74 Å². The van der Waals surface area contributed by atoms with Gasteiger partial charge in [0.25, 0.3) is 5.91 Å². The summed E-state index contributed by atoms with van der Waals surface area (Å²) in [6.45, 7) is 4.00. The fourth-order valence-electron chi connectivity index (χ4n) is 3.38. The molecular weight excluding hydrogens is 292 g/mol. The number of nitrogens with zero attached hydrogens (tertiary/aromatic N) is 3. The fraction of sp³-hybridized carbons (Fsp3) is 0.471. The second-order valence-electron chi connectivity index (χ2n) is 6.56. The van der Waals surface area contributed by atoms with Crippen molar-refractivity contribution < 1.29 is 9.53 Å². The van der Waals surface area contributed by atoms with Crippen LogP contribution in [0.2, 0.25) is 0 Å². The van der Waals surface area contributed by atoms with Crippen LogP contribution < -0.4 is 0 Å². The zero-order valence-electron chi connectivity index (χ0n) is 13.2. The summed E-state index contributed by atoms with van der Waals surface area (Å²) in [5.41, 5.74) is 2.21. The van der Waals surface area contributed by atoms with Crippen LogP contribution in [0, 0.1) is 5.92 Å². The monoisotopic (exact) mass is 312 g/mol. The summed E-state index contributed by atoms with van der Waals surface area (Å²) >= 11 is 0. The Morgan fingerprint density at radius 3 is 2.87 bits per heavy atom. The van der Waals surface area contributed by atoms with Gasteiger partial charge in [0.1, 0.15) is 5.69 Å². The van der Waals surface area contributed by atoms with Crippen molar-refractivity contribution in [1.82, 2.24) is 20.1 Å². The van der Waals surface area contributed by atoms with Gasteiger partial charge in [-0.15, -0.1) is 0 Å². The van der Waals surface area contributed by atoms with Crippen molar-refractivity contribution in [2.24, 2.45) is 5.92 Å². The normalized spacial score (nSPS) is 24.7. The number of rotatable bonds is 3. The third-order valence-electron chi connectivity index (χ3n) is 4.99. The molecule has 1 atom stereocenters. The lowest BCUT2D eigenvalue weighted by atomic mass is 9.92. The largest absolute Gasteiger partial charge is 0.377 e. The first-order chi connectivity index (χ1) is 11.2. The molecule has 1 aliphatic heterocycles. The second-order valence-corrected chi connectivity index (χ2v) is 6.56. The van der Waals surface area contributed by atoms with E-state index in [1.165, 1.54) is 12.8 Å². The van der Waals surface area contributed by atoms with Gasteiger partial charge in [0.15, 0.2) is 0 Å². The molecule has 0 radical (unpaired) electrons. The van der Waals surface area contributed by atoms with E-state index in [9.17, 15) is 4.79 Å². The van der Waals surface area contributed by atoms with Gasteiger partial charge in [-0.1, -0.05) is 6.07 Å². The molecule has 1 unspecified atom stereocenters. The Kier molecular flexibility index (Phi) is 3.41. The van der Waals surface area contributed by atoms with Gasteiger partial charge in [0, 0.05) is 30.1 Å². The van der Waals surface area contributed by atoms with Crippen molar-refractivity contribution >= 4 is 5.91 Å². The second kappa shape index (κ2) is 5.45. The Hall–Kier alpha value is -2.21. The van der Waals surface area contributed by atoms with Crippen LogP contribution in [0.5, 0.6) is 0 Å². The standard InChI is InChI=1S/C17H20N4O2/c1-17(14-3-4-14)11-23-7-6-21(17)16(22)15-5-2-12(8-18-15)13-9-19-20-10-13/h2,5,8-10,14H,3-4,6-7,11H2,1H3,(H,19,20). The molecule has 1 saturated carbocycles. The SMILES string of the molecule is CC1(C2CC2)COCCN1C(=O)c1ccc(-c2cn[nH]c2)cn1. The highest BCUT2D eigenvalue weighted by Crippen LogP contribution is 2.44. The number of amides is 1. The van der Waals surface area contributed by atoms with Crippen LogP contribution in [0.25, 0.3) is 11.1 Å². The lowest BCUT2D eigenvalue weighted by Crippen LogP contribution is -2.58. The molecule has 0 aromatic carbocycles. The van der Waals surface area contributed by atoms with Crippen molar-refractivity contribution in [3.8, 4) is 11.1 Å². The molecule has 0 bridgehead atoms. The molecule has 1 amide bonds. The molecule has 1 N–H and O–H groups in total. The maximum atomic E-state index is 12.9. The summed E-state index contributed by atoms with van der Waals surface area (Å²) in [5.74, 6) is 0.554. The molecule has 3 heterocycles. The molecule has 6 heteroatoms. The topological polar surface area (TPSA) is 71.1 Å². The van der Waals surface area contributed by atoms with Gasteiger partial charge in [0.2, 0.25) is 0 Å². The summed E-state index contributed by atoms with van der Waals surface area (Å²) in [6, 6.07) is 3.72. The first kappa shape index (κ1) is 14.4. The minimum Gasteiger partial charge on any atom is -0.377 e. The van der Waals surface area contributed by atoms with E-state index in [0.717, 1.165) is 11.1 Å². The van der Waals surface area contributed by atoms with Gasteiger partial charge in [-0.3, -0.25) is 14.9 Å². The van der Waals surface area contributed by atoms with E-state index in [1.807, 2.05) is 17.2 Å². The van der Waals surface area contributed by atoms with Crippen molar-refractivity contribution in [2.45, 2.75) is 25.3 Å². The number of morpholine rings is 1. The molecule has 2 aliphatic rings. The third-order valence-corrected chi connectivity index (χ3v) is 4.99. The number of pyridine rings is 1. The summed E-state index contributed by atoms with van der Waals surface area (Å²) in [5, 5.41) is 6.71. The molecule has 0 spiro atoms. The zero-order valence-corrected chi connectivity index (χ0v) is 13.2. The van der Waals surface area contributed by atoms with Crippen LogP contribution in [0.15, 0.2) is 30.7 Å². The van der Waals surface area contributed by atoms with Crippen LogP contribution in [0.4, 0.5) is 0 Å². The molecule has 1 aliphatic carbocycles. The summed E-state index contributed by atoms with van der Waals surface area (Å²) in [6.07, 6.45) is 7.63. The fourth-order valence-corrected chi connectivity index (χ4v) is 3.38. The molecule has 23 heavy (non-hydrogen) atoms. The van der Waals surface area contributed by atoms with Crippen molar-refractivity contribution in [3.63, 3.8) is 0 Å². The van der Waals surface area contributed by atoms with E-state index in [-0.39, 0.29) is 11.4 Å². The van der Waals surface area contributed by atoms with Crippen molar-refractivity contribution in [3.05, 3.63) is 36.4 Å². The maximum absolute atomic E-state index is 12.9. The van der Waals surface area contributed by atoms with E-state index >= 15 is 0 Å². The maximum Gasteiger partial charge on any atom is 0.273 e. The predicted octanol–water partition coefficient (Wildman–Crippen LogP) is 2.11. The number of hydrogen-bond donors (Lipinski definition) is 1. The lowest BCUT2D eigenvalue weighted by Gasteiger charge is -2.45. The Morgan fingerprint density at radius 1 is 1.35 bits per heavy atom. The first-order valence-corrected chi connectivity index (χ1v) is 8.03. The number of hydrogen-bond acceptors (Lipinski definition) is 4. The third kappa shape index (κ3) is 2.53. The van der Waals surface area contributed by atoms with Gasteiger partial charge in [-0.05, 0) is 31.7 Å². The van der Waals surface area contributed by atoms with Gasteiger partial charge in [-0.25, -0.2) is 0 Å². The number of aromatic amines is 1. The quantitative estimate of drug-likeness (QED) is 0.942. The average Bonchev–Trinajstić information content (AvgIpc) is 3.31. The number of ether oxygens (including phenoxy) is 1. The molecule has 2 fully saturated rings. The minimum absolute atomic E-state index is 0.00134. The molecule has 2 aromatic heterocycles. The molecule has 2 aromatic rings. The van der Waals surface area contributed by atoms with Gasteiger partial charge in [0.05, 0.1) is 24.9 Å². The first-order valence-electron chi connectivity index (χ1n) is 8.03. The van der Waals surface area contributed by atoms with E-state index in [2.05, 4.69) is 22.1 Å². The van der Waals surface area contributed by atoms with Gasteiger partial charge in [-0.2, -0.15) is 5.10 Å². The van der Waals surface area contributed by atoms with Gasteiger partial charge >= 0.3 is 0 Å². The van der Waals surface area contributed by atoms with Crippen molar-refractivity contribution in [2.75, 3.05) is 19.8 Å². The Morgan fingerprint density at radius 2 is 2.22 bits per heavy atom. The average molecular weight is 312 g/mol. The van der Waals surface area contributed by atoms with Crippen molar-refractivity contribution in [1.29, 1.82) is 0 Å². The molecular formula is C17H20N4O2. The molecule has 1 saturated heterocycles. The zero-order chi connectivity index (χ0) is 15.9. The summed E-state index contributed by atoms with van der Waals surface area (Å²) < 4.78 is 5.65. The van der Waals surface area contributed by atoms with Crippen LogP contribution in [-0.2, 0) is 4.74 Å². The summed E-state index contributed by atoms with van der Waals surface area (Å²) in [7, 11) is 0.